The SMILES string of the molecule is CCN(C)C(=O)CNC(C)CN. The van der Waals surface area contributed by atoms with Crippen molar-refractivity contribution in [2.75, 3.05) is 26.7 Å². The lowest BCUT2D eigenvalue weighted by molar-refractivity contribution is -0.128. The van der Waals surface area contributed by atoms with Crippen molar-refractivity contribution in [1.82, 2.24) is 10.2 Å². The summed E-state index contributed by atoms with van der Waals surface area (Å²) in [6.45, 7) is 5.59. The van der Waals surface area contributed by atoms with E-state index in [0.29, 0.717) is 13.1 Å². The molecule has 0 aliphatic rings. The second-order valence-electron chi connectivity index (χ2n) is 2.93. The third-order valence-electron chi connectivity index (χ3n) is 1.86. The minimum Gasteiger partial charge on any atom is -0.345 e. The van der Waals surface area contributed by atoms with Gasteiger partial charge in [-0.05, 0) is 13.8 Å². The molecule has 1 unspecified atom stereocenters. The Morgan fingerprint density at radius 1 is 1.67 bits per heavy atom. The first-order valence-electron chi connectivity index (χ1n) is 4.29. The highest BCUT2D eigenvalue weighted by atomic mass is 16.2. The molecule has 0 saturated heterocycles. The summed E-state index contributed by atoms with van der Waals surface area (Å²) in [5.41, 5.74) is 5.38. The number of rotatable bonds is 5. The predicted molar refractivity (Wildman–Crippen MR) is 49.8 cm³/mol. The van der Waals surface area contributed by atoms with Gasteiger partial charge < -0.3 is 16.0 Å². The summed E-state index contributed by atoms with van der Waals surface area (Å²) in [5, 5.41) is 3.03. The minimum absolute atomic E-state index is 0.109. The Morgan fingerprint density at radius 2 is 2.25 bits per heavy atom. The van der Waals surface area contributed by atoms with E-state index in [1.54, 1.807) is 11.9 Å². The molecule has 0 aromatic rings. The fraction of sp³-hybridized carbons (Fsp3) is 0.875. The van der Waals surface area contributed by atoms with Crippen LogP contribution in [0, 0.1) is 0 Å². The summed E-state index contributed by atoms with van der Waals surface area (Å²) >= 11 is 0. The van der Waals surface area contributed by atoms with E-state index in [-0.39, 0.29) is 11.9 Å². The largest absolute Gasteiger partial charge is 0.345 e. The van der Waals surface area contributed by atoms with E-state index >= 15 is 0 Å². The van der Waals surface area contributed by atoms with E-state index < -0.39 is 0 Å². The first kappa shape index (κ1) is 11.4. The van der Waals surface area contributed by atoms with Gasteiger partial charge in [0, 0.05) is 26.2 Å². The average molecular weight is 173 g/mol. The lowest BCUT2D eigenvalue weighted by Crippen LogP contribution is -2.41. The number of carbonyl (C=O) groups excluding carboxylic acids is 1. The van der Waals surface area contributed by atoms with Crippen LogP contribution >= 0.6 is 0 Å². The summed E-state index contributed by atoms with van der Waals surface area (Å²) in [6, 6.07) is 0.208. The monoisotopic (exact) mass is 173 g/mol. The molecule has 1 atom stereocenters. The van der Waals surface area contributed by atoms with Crippen molar-refractivity contribution in [2.24, 2.45) is 5.73 Å². The van der Waals surface area contributed by atoms with Crippen molar-refractivity contribution in [3.05, 3.63) is 0 Å². The van der Waals surface area contributed by atoms with Crippen molar-refractivity contribution >= 4 is 5.91 Å². The Morgan fingerprint density at radius 3 is 2.67 bits per heavy atom. The molecule has 0 rings (SSSR count). The number of nitrogens with zero attached hydrogens (tertiary/aromatic N) is 1. The molecule has 0 bridgehead atoms. The summed E-state index contributed by atoms with van der Waals surface area (Å²) in [6.07, 6.45) is 0. The normalized spacial score (nSPS) is 12.7. The fourth-order valence-corrected chi connectivity index (χ4v) is 0.656. The van der Waals surface area contributed by atoms with E-state index in [4.69, 9.17) is 5.73 Å². The number of hydrogen-bond donors (Lipinski definition) is 2. The summed E-state index contributed by atoms with van der Waals surface area (Å²) in [5.74, 6) is 0.109. The highest BCUT2D eigenvalue weighted by Gasteiger charge is 2.06. The summed E-state index contributed by atoms with van der Waals surface area (Å²) in [4.78, 5) is 12.9. The van der Waals surface area contributed by atoms with Gasteiger partial charge in [0.1, 0.15) is 0 Å². The molecule has 0 fully saturated rings. The van der Waals surface area contributed by atoms with Crippen LogP contribution in [0.15, 0.2) is 0 Å². The fourth-order valence-electron chi connectivity index (χ4n) is 0.656. The van der Waals surface area contributed by atoms with Gasteiger partial charge in [-0.3, -0.25) is 4.79 Å². The van der Waals surface area contributed by atoms with Crippen LogP contribution in [-0.4, -0.2) is 43.5 Å². The molecule has 0 saturated carbocycles. The zero-order valence-corrected chi connectivity index (χ0v) is 8.13. The molecule has 0 aliphatic heterocycles. The van der Waals surface area contributed by atoms with Gasteiger partial charge >= 0.3 is 0 Å². The molecule has 0 radical (unpaired) electrons. The van der Waals surface area contributed by atoms with Crippen LogP contribution in [0.2, 0.25) is 0 Å². The standard InChI is InChI=1S/C8H19N3O/c1-4-11(3)8(12)6-10-7(2)5-9/h7,10H,4-6,9H2,1-3H3. The quantitative estimate of drug-likeness (QED) is 0.584. The van der Waals surface area contributed by atoms with E-state index in [1.165, 1.54) is 0 Å². The smallest absolute Gasteiger partial charge is 0.236 e. The van der Waals surface area contributed by atoms with Crippen molar-refractivity contribution in [2.45, 2.75) is 19.9 Å². The van der Waals surface area contributed by atoms with Crippen LogP contribution < -0.4 is 11.1 Å². The molecule has 0 aromatic heterocycles. The molecule has 4 nitrogen and oxygen atoms in total. The predicted octanol–water partition coefficient (Wildman–Crippen LogP) is -0.598. The Balaban J connectivity index is 3.56. The van der Waals surface area contributed by atoms with Gasteiger partial charge in [0.15, 0.2) is 0 Å². The molecule has 0 aliphatic carbocycles. The van der Waals surface area contributed by atoms with Gasteiger partial charge in [-0.25, -0.2) is 0 Å². The lowest BCUT2D eigenvalue weighted by atomic mass is 10.3. The maximum atomic E-state index is 11.2. The Kier molecular flexibility index (Phi) is 5.66. The average Bonchev–Trinajstić information content (AvgIpc) is 2.11. The Labute approximate surface area is 74.1 Å². The van der Waals surface area contributed by atoms with Crippen LogP contribution in [0.5, 0.6) is 0 Å². The van der Waals surface area contributed by atoms with E-state index in [9.17, 15) is 4.79 Å². The van der Waals surface area contributed by atoms with Crippen LogP contribution in [0.4, 0.5) is 0 Å². The number of carbonyl (C=O) groups is 1. The molecule has 0 heterocycles. The summed E-state index contributed by atoms with van der Waals surface area (Å²) < 4.78 is 0. The molecule has 0 spiro atoms. The lowest BCUT2D eigenvalue weighted by Gasteiger charge is -2.16. The van der Waals surface area contributed by atoms with Crippen LogP contribution in [0.1, 0.15) is 13.8 Å². The van der Waals surface area contributed by atoms with Gasteiger partial charge in [0.05, 0.1) is 6.54 Å². The summed E-state index contributed by atoms with van der Waals surface area (Å²) in [7, 11) is 1.79. The van der Waals surface area contributed by atoms with Gasteiger partial charge in [-0.15, -0.1) is 0 Å². The second-order valence-corrected chi connectivity index (χ2v) is 2.93. The number of nitrogens with one attached hydrogen (secondary N) is 1. The third kappa shape index (κ3) is 4.31. The molecule has 3 N–H and O–H groups in total. The van der Waals surface area contributed by atoms with E-state index in [0.717, 1.165) is 6.54 Å². The first-order chi connectivity index (χ1) is 5.61. The molecular formula is C8H19N3O. The third-order valence-corrected chi connectivity index (χ3v) is 1.86. The molecule has 12 heavy (non-hydrogen) atoms. The Hall–Kier alpha value is -0.610. The van der Waals surface area contributed by atoms with Crippen LogP contribution in [0.25, 0.3) is 0 Å². The maximum Gasteiger partial charge on any atom is 0.236 e. The van der Waals surface area contributed by atoms with Crippen LogP contribution in [-0.2, 0) is 4.79 Å². The van der Waals surface area contributed by atoms with Crippen molar-refractivity contribution in [3.8, 4) is 0 Å². The highest BCUT2D eigenvalue weighted by Crippen LogP contribution is 1.83. The van der Waals surface area contributed by atoms with Gasteiger partial charge in [0.2, 0.25) is 5.91 Å². The van der Waals surface area contributed by atoms with Crippen molar-refractivity contribution < 1.29 is 4.79 Å². The number of nitrogens with two attached hydrogens (primary N) is 1. The zero-order valence-electron chi connectivity index (χ0n) is 8.13. The molecular weight excluding hydrogens is 154 g/mol. The highest BCUT2D eigenvalue weighted by molar-refractivity contribution is 5.77. The number of likely N-dealkylation sites (N-methyl/N-ethyl adjacent to an activating group) is 1. The maximum absolute atomic E-state index is 11.2. The topological polar surface area (TPSA) is 58.4 Å². The Bertz CT molecular complexity index is 138. The van der Waals surface area contributed by atoms with E-state index in [1.807, 2.05) is 13.8 Å². The molecule has 0 aromatic carbocycles. The van der Waals surface area contributed by atoms with Crippen LogP contribution in [0.3, 0.4) is 0 Å². The number of hydrogen-bond acceptors (Lipinski definition) is 3. The number of amides is 1. The van der Waals surface area contributed by atoms with Crippen molar-refractivity contribution in [1.29, 1.82) is 0 Å². The van der Waals surface area contributed by atoms with Gasteiger partial charge in [0.25, 0.3) is 0 Å². The molecule has 1 amide bonds. The van der Waals surface area contributed by atoms with Crippen molar-refractivity contribution in [3.63, 3.8) is 0 Å². The van der Waals surface area contributed by atoms with E-state index in [2.05, 4.69) is 5.32 Å². The molecule has 4 heteroatoms. The molecule has 72 valence electrons. The second kappa shape index (κ2) is 5.97. The first-order valence-corrected chi connectivity index (χ1v) is 4.29. The minimum atomic E-state index is 0.109. The van der Waals surface area contributed by atoms with Gasteiger partial charge in [-0.2, -0.15) is 0 Å². The zero-order chi connectivity index (χ0) is 9.56. The van der Waals surface area contributed by atoms with Gasteiger partial charge in [-0.1, -0.05) is 0 Å².